The monoisotopic (exact) mass is 424 g/mol. The van der Waals surface area contributed by atoms with Crippen LogP contribution in [0, 0.1) is 5.82 Å². The van der Waals surface area contributed by atoms with Crippen molar-refractivity contribution in [1.29, 1.82) is 0 Å². The fourth-order valence-electron chi connectivity index (χ4n) is 2.33. The molecular weight excluding hydrogens is 417 g/mol. The van der Waals surface area contributed by atoms with Crippen molar-refractivity contribution < 1.29 is 30.7 Å². The minimum Gasteiger partial charge on any atom is -0.207 e. The molecule has 0 saturated heterocycles. The zero-order chi connectivity index (χ0) is 20.7. The highest BCUT2D eigenvalue weighted by Crippen LogP contribution is 2.38. The number of alkyl halides is 6. The molecule has 0 bridgehead atoms. The van der Waals surface area contributed by atoms with Gasteiger partial charge in [-0.15, -0.1) is 10.2 Å². The molecule has 148 valence electrons. The van der Waals surface area contributed by atoms with E-state index in [2.05, 4.69) is 15.4 Å². The first-order valence-corrected chi connectivity index (χ1v) is 7.83. The van der Waals surface area contributed by atoms with Gasteiger partial charge in [0, 0.05) is 16.1 Å². The second kappa shape index (κ2) is 7.04. The maximum absolute atomic E-state index is 13.8. The fourth-order valence-corrected chi connectivity index (χ4v) is 2.56. The summed E-state index contributed by atoms with van der Waals surface area (Å²) in [7, 11) is 0. The lowest BCUT2D eigenvalue weighted by Gasteiger charge is -2.12. The molecule has 0 N–H and O–H groups in total. The predicted molar refractivity (Wildman–Crippen MR) is 83.8 cm³/mol. The van der Waals surface area contributed by atoms with E-state index >= 15 is 0 Å². The van der Waals surface area contributed by atoms with Gasteiger partial charge in [0.05, 0.1) is 17.7 Å². The van der Waals surface area contributed by atoms with Crippen molar-refractivity contribution in [3.8, 4) is 11.4 Å². The molecule has 1 aromatic heterocycles. The van der Waals surface area contributed by atoms with Crippen LogP contribution in [0.5, 0.6) is 0 Å². The molecule has 4 nitrogen and oxygen atoms in total. The second-order valence-electron chi connectivity index (χ2n) is 5.64. The van der Waals surface area contributed by atoms with Crippen LogP contribution in [0.3, 0.4) is 0 Å². The third-order valence-corrected chi connectivity index (χ3v) is 4.01. The van der Waals surface area contributed by atoms with Crippen LogP contribution in [-0.4, -0.2) is 20.2 Å². The summed E-state index contributed by atoms with van der Waals surface area (Å²) in [6, 6.07) is 4.84. The first-order valence-electron chi connectivity index (χ1n) is 7.45. The Kier molecular flexibility index (Phi) is 5.04. The van der Waals surface area contributed by atoms with Crippen LogP contribution in [-0.2, 0) is 18.9 Å². The van der Waals surface area contributed by atoms with Gasteiger partial charge in [0.1, 0.15) is 5.82 Å². The summed E-state index contributed by atoms with van der Waals surface area (Å²) in [5, 5.41) is 10.8. The molecule has 0 radical (unpaired) electrons. The van der Waals surface area contributed by atoms with E-state index < -0.39 is 40.7 Å². The van der Waals surface area contributed by atoms with Gasteiger partial charge in [-0.3, -0.25) is 0 Å². The molecule has 0 aliphatic heterocycles. The van der Waals surface area contributed by atoms with E-state index in [-0.39, 0.29) is 23.2 Å². The summed E-state index contributed by atoms with van der Waals surface area (Å²) in [6.07, 6.45) is -10.0. The fraction of sp³-hybridized carbons (Fsp3) is 0.188. The Labute approximate surface area is 157 Å². The van der Waals surface area contributed by atoms with Gasteiger partial charge in [0.15, 0.2) is 0 Å². The lowest BCUT2D eigenvalue weighted by Crippen LogP contribution is -2.11. The Morgan fingerprint density at radius 2 is 1.54 bits per heavy atom. The lowest BCUT2D eigenvalue weighted by molar-refractivity contribution is -0.143. The van der Waals surface area contributed by atoms with Gasteiger partial charge < -0.3 is 0 Å². The van der Waals surface area contributed by atoms with Crippen LogP contribution in [0.15, 0.2) is 36.4 Å². The van der Waals surface area contributed by atoms with E-state index in [0.29, 0.717) is 12.1 Å². The van der Waals surface area contributed by atoms with Gasteiger partial charge >= 0.3 is 12.4 Å². The van der Waals surface area contributed by atoms with Crippen molar-refractivity contribution in [2.75, 3.05) is 0 Å². The highest BCUT2D eigenvalue weighted by molar-refractivity contribution is 6.31. The average Bonchev–Trinajstić information content (AvgIpc) is 3.05. The summed E-state index contributed by atoms with van der Waals surface area (Å²) in [4.78, 5) is 0.813. The van der Waals surface area contributed by atoms with Gasteiger partial charge in [-0.25, -0.2) is 4.39 Å². The van der Waals surface area contributed by atoms with E-state index in [1.165, 1.54) is 12.1 Å². The van der Waals surface area contributed by atoms with Gasteiger partial charge in [0.25, 0.3) is 0 Å². The molecule has 0 fully saturated rings. The molecular formula is C16H8ClF7N4. The molecule has 0 spiro atoms. The molecule has 3 aromatic rings. The predicted octanol–water partition coefficient (Wildman–Crippen LogP) is 5.22. The standard InChI is InChI=1S/C16H8ClF7N4/c17-12-2-1-3-13(18)11(12)7-28-26-14(25-27-28)8-4-9(15(19,20)21)6-10(5-8)16(22,23)24/h1-6H,7H2. The Morgan fingerprint density at radius 1 is 0.929 bits per heavy atom. The Morgan fingerprint density at radius 3 is 2.07 bits per heavy atom. The summed E-state index contributed by atoms with van der Waals surface area (Å²) < 4.78 is 91.5. The van der Waals surface area contributed by atoms with Gasteiger partial charge in [-0.05, 0) is 35.5 Å². The van der Waals surface area contributed by atoms with Crippen LogP contribution in [0.25, 0.3) is 11.4 Å². The summed E-state index contributed by atoms with van der Waals surface area (Å²) in [5.74, 6) is -1.16. The van der Waals surface area contributed by atoms with Gasteiger partial charge in [0.2, 0.25) is 5.82 Å². The number of tetrazole rings is 1. The number of hydrogen-bond donors (Lipinski definition) is 0. The van der Waals surface area contributed by atoms with Crippen molar-refractivity contribution in [2.24, 2.45) is 0 Å². The molecule has 3 rings (SSSR count). The van der Waals surface area contributed by atoms with Gasteiger partial charge in [-0.2, -0.15) is 31.1 Å². The van der Waals surface area contributed by atoms with E-state index in [9.17, 15) is 30.7 Å². The minimum absolute atomic E-state index is 0.00635. The maximum Gasteiger partial charge on any atom is 0.416 e. The van der Waals surface area contributed by atoms with Crippen molar-refractivity contribution in [3.05, 3.63) is 63.9 Å². The zero-order valence-electron chi connectivity index (χ0n) is 13.5. The van der Waals surface area contributed by atoms with Crippen molar-refractivity contribution in [3.63, 3.8) is 0 Å². The van der Waals surface area contributed by atoms with Crippen LogP contribution >= 0.6 is 11.6 Å². The quantitative estimate of drug-likeness (QED) is 0.542. The molecule has 0 aliphatic rings. The topological polar surface area (TPSA) is 43.6 Å². The maximum atomic E-state index is 13.8. The summed E-state index contributed by atoms with van der Waals surface area (Å²) >= 11 is 5.87. The Balaban J connectivity index is 2.01. The van der Waals surface area contributed by atoms with Crippen molar-refractivity contribution >= 4 is 11.6 Å². The second-order valence-corrected chi connectivity index (χ2v) is 6.05. The van der Waals surface area contributed by atoms with E-state index in [1.807, 2.05) is 0 Å². The molecule has 0 saturated carbocycles. The highest BCUT2D eigenvalue weighted by atomic mass is 35.5. The highest BCUT2D eigenvalue weighted by Gasteiger charge is 2.37. The Bertz CT molecular complexity index is 958. The van der Waals surface area contributed by atoms with Gasteiger partial charge in [-0.1, -0.05) is 17.7 Å². The molecule has 28 heavy (non-hydrogen) atoms. The molecule has 1 heterocycles. The van der Waals surface area contributed by atoms with Crippen LogP contribution in [0.2, 0.25) is 5.02 Å². The largest absolute Gasteiger partial charge is 0.416 e. The summed E-state index contributed by atoms with van der Waals surface area (Å²) in [6.45, 7) is -0.316. The number of rotatable bonds is 3. The third kappa shape index (κ3) is 4.24. The number of halogens is 8. The van der Waals surface area contributed by atoms with E-state index in [1.54, 1.807) is 0 Å². The average molecular weight is 425 g/mol. The van der Waals surface area contributed by atoms with Crippen LogP contribution in [0.1, 0.15) is 16.7 Å². The van der Waals surface area contributed by atoms with Crippen molar-refractivity contribution in [2.45, 2.75) is 18.9 Å². The molecule has 12 heteroatoms. The molecule has 2 aromatic carbocycles. The zero-order valence-corrected chi connectivity index (χ0v) is 14.2. The molecule has 0 aliphatic carbocycles. The molecule has 0 atom stereocenters. The number of nitrogens with zero attached hydrogens (tertiary/aromatic N) is 4. The minimum atomic E-state index is -5.01. The first kappa shape index (κ1) is 20.1. The number of aromatic nitrogens is 4. The number of benzene rings is 2. The molecule has 0 unspecified atom stereocenters. The van der Waals surface area contributed by atoms with E-state index in [0.717, 1.165) is 10.9 Å². The first-order chi connectivity index (χ1) is 12.9. The lowest BCUT2D eigenvalue weighted by atomic mass is 10.0. The Hall–Kier alpha value is -2.69. The summed E-state index contributed by atoms with van der Waals surface area (Å²) in [5.41, 5.74) is -3.56. The SMILES string of the molecule is Fc1cccc(Cl)c1Cn1nnc(-c2cc(C(F)(F)F)cc(C(F)(F)F)c2)n1. The van der Waals surface area contributed by atoms with E-state index in [4.69, 9.17) is 11.6 Å². The normalized spacial score (nSPS) is 12.4. The number of hydrogen-bond acceptors (Lipinski definition) is 3. The van der Waals surface area contributed by atoms with Crippen molar-refractivity contribution in [1.82, 2.24) is 20.2 Å². The molecule has 0 amide bonds. The third-order valence-electron chi connectivity index (χ3n) is 3.66. The smallest absolute Gasteiger partial charge is 0.207 e. The van der Waals surface area contributed by atoms with Crippen LogP contribution in [0.4, 0.5) is 30.7 Å². The van der Waals surface area contributed by atoms with Crippen LogP contribution < -0.4 is 0 Å².